The lowest BCUT2D eigenvalue weighted by Gasteiger charge is -2.17. The van der Waals surface area contributed by atoms with E-state index in [9.17, 15) is 19.8 Å². The molecule has 3 N–H and O–H groups in total. The summed E-state index contributed by atoms with van der Waals surface area (Å²) in [6.07, 6.45) is 28.0. The normalized spacial score (nSPS) is 21.3. The molecule has 9 heteroatoms. The van der Waals surface area contributed by atoms with Crippen LogP contribution in [0.4, 0.5) is 0 Å². The maximum atomic E-state index is 13.4. The van der Waals surface area contributed by atoms with Gasteiger partial charge in [0.05, 0.1) is 28.5 Å². The summed E-state index contributed by atoms with van der Waals surface area (Å²) in [5, 5.41) is 24.6. The fourth-order valence-electron chi connectivity index (χ4n) is 8.99. The monoisotopic (exact) mass is 788 g/mol. The number of carbonyl (C=O) groups is 2. The molecule has 0 unspecified atom stereocenters. The first kappa shape index (κ1) is 42.8. The van der Waals surface area contributed by atoms with Crippen LogP contribution in [-0.2, 0) is 14.3 Å². The van der Waals surface area contributed by atoms with Gasteiger partial charge < -0.3 is 20.3 Å². The third-order valence-corrected chi connectivity index (χ3v) is 12.5. The number of hydrogen-bond acceptors (Lipinski definition) is 8. The zero-order chi connectivity index (χ0) is 41.3. The maximum Gasteiger partial charge on any atom is 0.311 e. The molecule has 5 aliphatic heterocycles. The minimum atomic E-state index is -0.848. The molecule has 58 heavy (non-hydrogen) atoms. The number of carbonyl (C=O) groups excluding carboxylic acids is 1. The zero-order valence-electron chi connectivity index (χ0n) is 35.7. The summed E-state index contributed by atoms with van der Waals surface area (Å²) in [7, 11) is 0. The molecule has 0 aromatic rings. The van der Waals surface area contributed by atoms with Gasteiger partial charge >= 0.3 is 11.9 Å². The van der Waals surface area contributed by atoms with Crippen molar-refractivity contribution in [2.24, 2.45) is 26.8 Å². The smallest absolute Gasteiger partial charge is 0.311 e. The van der Waals surface area contributed by atoms with E-state index in [1.54, 1.807) is 0 Å². The number of carboxylic acids is 1. The minimum absolute atomic E-state index is 0.0176. The van der Waals surface area contributed by atoms with Gasteiger partial charge in [0, 0.05) is 59.2 Å². The number of ether oxygens (including phenoxy) is 1. The average Bonchev–Trinajstić information content (AvgIpc) is 3.95. The Labute approximate surface area is 345 Å². The number of hydrogen-bond donors (Lipinski definition) is 3. The van der Waals surface area contributed by atoms with Crippen LogP contribution in [0.15, 0.2) is 119 Å². The standard InChI is InChI=1S/C49H64N4O5/c1-7-9-10-11-12-13-14-15-16-17-18-19-20-21-22-23-45(57)58-49-33(6)40-27-38-31(4)35(24-25-44(55)56)47(52-38)36-26-43(54)46-32(5)39(53-48(36)46)28-41-34(8-2)30(3)37(50-41)29-42(49)51-40/h13-14,27-29,31,35,52,54H,7-12,15-26H2,1-6H3,(H,55,56)/b14-13+,38-27?,41-28?,42-29?,47-36?/t31-,35-/m0/s1. The van der Waals surface area contributed by atoms with E-state index in [2.05, 4.69) is 45.2 Å². The van der Waals surface area contributed by atoms with Crippen LogP contribution in [-0.4, -0.2) is 39.3 Å². The molecular weight excluding hydrogens is 725 g/mol. The number of aliphatic hydroxyl groups is 1. The molecule has 0 radical (unpaired) electrons. The molecular formula is C49H64N4O5. The van der Waals surface area contributed by atoms with Crippen molar-refractivity contribution in [3.8, 4) is 0 Å². The molecule has 5 heterocycles. The van der Waals surface area contributed by atoms with Gasteiger partial charge in [-0.2, -0.15) is 0 Å². The number of aliphatic carboxylic acids is 1. The van der Waals surface area contributed by atoms with Crippen LogP contribution in [0.1, 0.15) is 157 Å². The molecule has 0 aromatic carbocycles. The number of carboxylic acid groups (broad SMARTS) is 1. The Morgan fingerprint density at radius 3 is 2.16 bits per heavy atom. The van der Waals surface area contributed by atoms with E-state index in [4.69, 9.17) is 19.7 Å². The van der Waals surface area contributed by atoms with Crippen LogP contribution in [0.5, 0.6) is 0 Å². The molecule has 2 atom stereocenters. The summed E-state index contributed by atoms with van der Waals surface area (Å²) in [6, 6.07) is 0. The van der Waals surface area contributed by atoms with Crippen LogP contribution in [0.25, 0.3) is 0 Å². The van der Waals surface area contributed by atoms with Crippen molar-refractivity contribution in [2.75, 3.05) is 0 Å². The topological polar surface area (TPSA) is 133 Å². The predicted molar refractivity (Wildman–Crippen MR) is 234 cm³/mol. The van der Waals surface area contributed by atoms with Gasteiger partial charge in [-0.05, 0) is 101 Å². The van der Waals surface area contributed by atoms with E-state index >= 15 is 0 Å². The number of allylic oxidation sites excluding steroid dienone is 13. The number of aliphatic hydroxyl groups excluding tert-OH is 1. The van der Waals surface area contributed by atoms with E-state index in [1.165, 1.54) is 64.2 Å². The molecule has 1 aliphatic carbocycles. The number of nitrogens with zero attached hydrogens (tertiary/aromatic N) is 3. The van der Waals surface area contributed by atoms with Gasteiger partial charge in [-0.15, -0.1) is 0 Å². The summed E-state index contributed by atoms with van der Waals surface area (Å²) in [4.78, 5) is 40.5. The fourth-order valence-corrected chi connectivity index (χ4v) is 8.99. The highest BCUT2D eigenvalue weighted by atomic mass is 16.5. The average molecular weight is 789 g/mol. The Morgan fingerprint density at radius 1 is 0.810 bits per heavy atom. The van der Waals surface area contributed by atoms with E-state index in [-0.39, 0.29) is 30.0 Å². The van der Waals surface area contributed by atoms with Crippen LogP contribution in [0.3, 0.4) is 0 Å². The molecule has 0 spiro atoms. The number of unbranched alkanes of at least 4 members (excludes halogenated alkanes) is 11. The highest BCUT2D eigenvalue weighted by Gasteiger charge is 2.41. The van der Waals surface area contributed by atoms with Gasteiger partial charge in [0.25, 0.3) is 0 Å². The van der Waals surface area contributed by atoms with E-state index < -0.39 is 5.97 Å². The first-order valence-electron chi connectivity index (χ1n) is 22.1. The predicted octanol–water partition coefficient (Wildman–Crippen LogP) is 12.1. The highest BCUT2D eigenvalue weighted by molar-refractivity contribution is 6.21. The number of aliphatic imine (C=N–C) groups is 3. The molecule has 8 bridgehead atoms. The first-order valence-corrected chi connectivity index (χ1v) is 22.1. The second-order valence-electron chi connectivity index (χ2n) is 16.7. The van der Waals surface area contributed by atoms with Crippen molar-refractivity contribution in [1.29, 1.82) is 0 Å². The Balaban J connectivity index is 1.18. The summed E-state index contributed by atoms with van der Waals surface area (Å²) in [6.45, 7) is 12.5. The summed E-state index contributed by atoms with van der Waals surface area (Å²) >= 11 is 0. The van der Waals surface area contributed by atoms with Gasteiger partial charge in [-0.3, -0.25) is 9.59 Å². The van der Waals surface area contributed by atoms with Gasteiger partial charge in [0.2, 0.25) is 0 Å². The van der Waals surface area contributed by atoms with Gasteiger partial charge in [-0.1, -0.05) is 84.3 Å². The van der Waals surface area contributed by atoms with Crippen molar-refractivity contribution in [2.45, 2.75) is 157 Å². The van der Waals surface area contributed by atoms with E-state index in [0.29, 0.717) is 36.4 Å². The molecule has 0 amide bonds. The Bertz CT molecular complexity index is 2060. The van der Waals surface area contributed by atoms with Crippen molar-refractivity contribution >= 4 is 29.1 Å². The molecule has 6 aliphatic rings. The van der Waals surface area contributed by atoms with E-state index in [1.807, 2.05) is 32.1 Å². The first-order chi connectivity index (χ1) is 28.0. The minimum Gasteiger partial charge on any atom is -0.511 e. The number of rotatable bonds is 20. The lowest BCUT2D eigenvalue weighted by molar-refractivity contribution is -0.139. The van der Waals surface area contributed by atoms with Crippen LogP contribution < -0.4 is 5.32 Å². The van der Waals surface area contributed by atoms with E-state index in [0.717, 1.165) is 93.3 Å². The quantitative estimate of drug-likeness (QED) is 0.0639. The number of esters is 1. The van der Waals surface area contributed by atoms with Gasteiger partial charge in [-0.25, -0.2) is 15.0 Å². The van der Waals surface area contributed by atoms with Crippen molar-refractivity contribution in [1.82, 2.24) is 5.32 Å². The molecule has 9 nitrogen and oxygen atoms in total. The third kappa shape index (κ3) is 9.73. The fraction of sp³-hybridized carbons (Fsp3) is 0.531. The zero-order valence-corrected chi connectivity index (χ0v) is 35.7. The summed E-state index contributed by atoms with van der Waals surface area (Å²) < 4.78 is 6.18. The Morgan fingerprint density at radius 2 is 1.47 bits per heavy atom. The van der Waals surface area contributed by atoms with Crippen LogP contribution >= 0.6 is 0 Å². The van der Waals surface area contributed by atoms with Crippen LogP contribution in [0, 0.1) is 11.8 Å². The third-order valence-electron chi connectivity index (χ3n) is 12.5. The van der Waals surface area contributed by atoms with Crippen LogP contribution in [0.2, 0.25) is 0 Å². The Kier molecular flexibility index (Phi) is 14.6. The van der Waals surface area contributed by atoms with Crippen molar-refractivity contribution < 1.29 is 24.5 Å². The molecule has 1 fully saturated rings. The molecule has 0 aromatic heterocycles. The molecule has 310 valence electrons. The molecule has 0 saturated carbocycles. The van der Waals surface area contributed by atoms with Gasteiger partial charge in [0.1, 0.15) is 11.5 Å². The highest BCUT2D eigenvalue weighted by Crippen LogP contribution is 2.46. The van der Waals surface area contributed by atoms with Crippen molar-refractivity contribution in [3.05, 3.63) is 104 Å². The Hall–Kier alpha value is -4.79. The van der Waals surface area contributed by atoms with Crippen molar-refractivity contribution in [3.63, 3.8) is 0 Å². The lowest BCUT2D eigenvalue weighted by Crippen LogP contribution is -2.15. The lowest BCUT2D eigenvalue weighted by atomic mass is 9.86. The molecule has 1 saturated heterocycles. The van der Waals surface area contributed by atoms with Gasteiger partial charge in [0.15, 0.2) is 5.76 Å². The number of fused-ring (bicyclic) bond motifs is 5. The second kappa shape index (κ2) is 19.8. The largest absolute Gasteiger partial charge is 0.511 e. The molecule has 6 rings (SSSR count). The maximum absolute atomic E-state index is 13.4. The SMILES string of the molecule is CCCCCC/C=C/CCCCCCCCCC(=O)OC1=C(C)C2=NC1=CC1=NC(=CC3=C(C)C4=C(O)CC(=C5NC(=C2)[C@@H](C)[C@@H]5CCC(=O)O)C4=N3)C(CC)=C1C. The summed E-state index contributed by atoms with van der Waals surface area (Å²) in [5.74, 6) is -0.576. The second-order valence-corrected chi connectivity index (χ2v) is 16.7. The summed E-state index contributed by atoms with van der Waals surface area (Å²) in [5.41, 5.74) is 11.5. The number of nitrogens with one attached hydrogen (secondary N) is 1.